The second-order valence-corrected chi connectivity index (χ2v) is 3.42. The molecule has 0 amide bonds. The quantitative estimate of drug-likeness (QED) is 0.611. The fourth-order valence-electron chi connectivity index (χ4n) is 1.54. The Kier molecular flexibility index (Phi) is 2.98. The largest absolute Gasteiger partial charge is 0.490 e. The van der Waals surface area contributed by atoms with E-state index < -0.39 is 4.92 Å². The van der Waals surface area contributed by atoms with Crippen LogP contribution < -0.4 is 4.74 Å². The molecule has 0 N–H and O–H groups in total. The van der Waals surface area contributed by atoms with E-state index in [1.165, 1.54) is 25.3 Å². The van der Waals surface area contributed by atoms with E-state index in [1.54, 1.807) is 12.1 Å². The first-order chi connectivity index (χ1) is 8.65. The van der Waals surface area contributed by atoms with Crippen molar-refractivity contribution in [2.45, 2.75) is 0 Å². The maximum Gasteiger partial charge on any atom is 0.311 e. The summed E-state index contributed by atoms with van der Waals surface area (Å²) in [7, 11) is 1.36. The van der Waals surface area contributed by atoms with Crippen LogP contribution in [0.3, 0.4) is 0 Å². The van der Waals surface area contributed by atoms with Crippen molar-refractivity contribution in [1.29, 1.82) is 5.26 Å². The van der Waals surface area contributed by atoms with Crippen LogP contribution in [0.5, 0.6) is 5.75 Å². The lowest BCUT2D eigenvalue weighted by molar-refractivity contribution is -0.385. The molecule has 6 heteroatoms. The van der Waals surface area contributed by atoms with Gasteiger partial charge in [-0.05, 0) is 24.3 Å². The van der Waals surface area contributed by atoms with Crippen molar-refractivity contribution in [3.05, 3.63) is 46.2 Å². The van der Waals surface area contributed by atoms with Crippen molar-refractivity contribution in [1.82, 2.24) is 0 Å². The van der Waals surface area contributed by atoms with Gasteiger partial charge in [0.2, 0.25) is 5.76 Å². The van der Waals surface area contributed by atoms with Gasteiger partial charge < -0.3 is 9.15 Å². The van der Waals surface area contributed by atoms with Crippen LogP contribution in [0.4, 0.5) is 5.69 Å². The molecule has 0 saturated heterocycles. The summed E-state index contributed by atoms with van der Waals surface area (Å²) in [6.45, 7) is 0. The van der Waals surface area contributed by atoms with E-state index in [1.807, 2.05) is 6.07 Å². The van der Waals surface area contributed by atoms with Crippen LogP contribution in [0.1, 0.15) is 5.76 Å². The van der Waals surface area contributed by atoms with Crippen molar-refractivity contribution in [2.75, 3.05) is 7.11 Å². The molecule has 1 heterocycles. The van der Waals surface area contributed by atoms with E-state index in [4.69, 9.17) is 14.4 Å². The summed E-state index contributed by atoms with van der Waals surface area (Å²) in [5.74, 6) is 0.733. The van der Waals surface area contributed by atoms with Gasteiger partial charge in [0.05, 0.1) is 12.0 Å². The van der Waals surface area contributed by atoms with Gasteiger partial charge in [-0.3, -0.25) is 10.1 Å². The Morgan fingerprint density at radius 3 is 2.72 bits per heavy atom. The van der Waals surface area contributed by atoms with Crippen LogP contribution in [-0.4, -0.2) is 12.0 Å². The van der Waals surface area contributed by atoms with Gasteiger partial charge >= 0.3 is 5.69 Å². The van der Waals surface area contributed by atoms with Crippen LogP contribution in [0.25, 0.3) is 11.3 Å². The lowest BCUT2D eigenvalue weighted by Crippen LogP contribution is -1.93. The summed E-state index contributed by atoms with van der Waals surface area (Å²) in [4.78, 5) is 10.3. The number of rotatable bonds is 3. The minimum atomic E-state index is -0.531. The molecule has 1 aromatic heterocycles. The number of nitro groups is 1. The molecule has 0 unspecified atom stereocenters. The van der Waals surface area contributed by atoms with Gasteiger partial charge in [-0.2, -0.15) is 5.26 Å². The van der Waals surface area contributed by atoms with E-state index in [9.17, 15) is 10.1 Å². The van der Waals surface area contributed by atoms with E-state index in [0.717, 1.165) is 0 Å². The predicted molar refractivity (Wildman–Crippen MR) is 62.1 cm³/mol. The molecule has 2 aromatic rings. The minimum Gasteiger partial charge on any atom is -0.490 e. The molecule has 0 aliphatic carbocycles. The fraction of sp³-hybridized carbons (Fsp3) is 0.0833. The maximum atomic E-state index is 10.9. The molecular weight excluding hydrogens is 236 g/mol. The number of hydrogen-bond acceptors (Lipinski definition) is 5. The SMILES string of the molecule is COc1ccc(-c2ccc(C#N)o2)cc1[N+](=O)[O-]. The number of methoxy groups -OCH3 is 1. The third-order valence-electron chi connectivity index (χ3n) is 2.38. The van der Waals surface area contributed by atoms with E-state index >= 15 is 0 Å². The van der Waals surface area contributed by atoms with Gasteiger partial charge in [0.1, 0.15) is 11.8 Å². The standard InChI is InChI=1S/C12H8N2O4/c1-17-12-4-2-8(6-10(12)14(15)16)11-5-3-9(7-13)18-11/h2-6H,1H3. The summed E-state index contributed by atoms with van der Waals surface area (Å²) >= 11 is 0. The van der Waals surface area contributed by atoms with Gasteiger partial charge in [0.25, 0.3) is 0 Å². The molecule has 0 aliphatic rings. The molecule has 18 heavy (non-hydrogen) atoms. The number of nitro benzene ring substituents is 1. The van der Waals surface area contributed by atoms with Gasteiger partial charge in [-0.15, -0.1) is 0 Å². The summed E-state index contributed by atoms with van der Waals surface area (Å²) in [5, 5.41) is 19.5. The van der Waals surface area contributed by atoms with Crippen molar-refractivity contribution in [3.63, 3.8) is 0 Å². The molecule has 0 spiro atoms. The molecule has 2 rings (SSSR count). The molecule has 0 saturated carbocycles. The minimum absolute atomic E-state index is 0.148. The summed E-state index contributed by atoms with van der Waals surface area (Å²) < 4.78 is 10.1. The number of furan rings is 1. The molecule has 1 aromatic carbocycles. The number of hydrogen-bond donors (Lipinski definition) is 0. The molecule has 0 atom stereocenters. The molecule has 0 fully saturated rings. The molecule has 6 nitrogen and oxygen atoms in total. The number of nitrogens with zero attached hydrogens (tertiary/aromatic N) is 2. The zero-order valence-corrected chi connectivity index (χ0v) is 9.41. The lowest BCUT2D eigenvalue weighted by atomic mass is 10.1. The fourth-order valence-corrected chi connectivity index (χ4v) is 1.54. The molecule has 0 bridgehead atoms. The Labute approximate surface area is 102 Å². The summed E-state index contributed by atoms with van der Waals surface area (Å²) in [5.41, 5.74) is 0.369. The highest BCUT2D eigenvalue weighted by Crippen LogP contribution is 2.32. The summed E-state index contributed by atoms with van der Waals surface area (Å²) in [6, 6.07) is 9.41. The van der Waals surface area contributed by atoms with E-state index in [-0.39, 0.29) is 17.2 Å². The van der Waals surface area contributed by atoms with Crippen LogP contribution in [0, 0.1) is 21.4 Å². The zero-order chi connectivity index (χ0) is 13.1. The number of ether oxygens (including phenoxy) is 1. The lowest BCUT2D eigenvalue weighted by Gasteiger charge is -2.02. The zero-order valence-electron chi connectivity index (χ0n) is 9.41. The molecular formula is C12H8N2O4. The first-order valence-electron chi connectivity index (χ1n) is 4.98. The number of nitriles is 1. The Morgan fingerprint density at radius 2 is 2.17 bits per heavy atom. The normalized spacial score (nSPS) is 9.78. The highest BCUT2D eigenvalue weighted by atomic mass is 16.6. The maximum absolute atomic E-state index is 10.9. The molecule has 0 aliphatic heterocycles. The van der Waals surface area contributed by atoms with Gasteiger partial charge in [0, 0.05) is 11.6 Å². The van der Waals surface area contributed by atoms with Crippen molar-refractivity contribution < 1.29 is 14.1 Å². The highest BCUT2D eigenvalue weighted by Gasteiger charge is 2.17. The molecule has 90 valence electrons. The highest BCUT2D eigenvalue weighted by molar-refractivity contribution is 5.65. The second kappa shape index (κ2) is 4.59. The number of benzene rings is 1. The predicted octanol–water partition coefficient (Wildman–Crippen LogP) is 2.74. The Balaban J connectivity index is 2.50. The van der Waals surface area contributed by atoms with Crippen LogP contribution in [0.15, 0.2) is 34.7 Å². The summed E-state index contributed by atoms with van der Waals surface area (Å²) in [6.07, 6.45) is 0. The average Bonchev–Trinajstić information content (AvgIpc) is 2.86. The smallest absolute Gasteiger partial charge is 0.311 e. The third kappa shape index (κ3) is 2.01. The van der Waals surface area contributed by atoms with E-state index in [2.05, 4.69) is 0 Å². The van der Waals surface area contributed by atoms with Gasteiger partial charge in [-0.25, -0.2) is 0 Å². The van der Waals surface area contributed by atoms with Crippen molar-refractivity contribution in [3.8, 4) is 23.1 Å². The van der Waals surface area contributed by atoms with Crippen LogP contribution >= 0.6 is 0 Å². The van der Waals surface area contributed by atoms with Crippen molar-refractivity contribution >= 4 is 5.69 Å². The van der Waals surface area contributed by atoms with Crippen molar-refractivity contribution in [2.24, 2.45) is 0 Å². The Bertz CT molecular complexity index is 640. The topological polar surface area (TPSA) is 89.3 Å². The first kappa shape index (κ1) is 11.7. The van der Waals surface area contributed by atoms with Crippen LogP contribution in [0.2, 0.25) is 0 Å². The van der Waals surface area contributed by atoms with Crippen LogP contribution in [-0.2, 0) is 0 Å². The Hall–Kier alpha value is -2.81. The van der Waals surface area contributed by atoms with Gasteiger partial charge in [0.15, 0.2) is 5.75 Å². The van der Waals surface area contributed by atoms with E-state index in [0.29, 0.717) is 11.3 Å². The monoisotopic (exact) mass is 244 g/mol. The average molecular weight is 244 g/mol. The van der Waals surface area contributed by atoms with Gasteiger partial charge in [-0.1, -0.05) is 0 Å². The second-order valence-electron chi connectivity index (χ2n) is 3.42. The first-order valence-corrected chi connectivity index (χ1v) is 4.98. The Morgan fingerprint density at radius 1 is 1.39 bits per heavy atom. The molecule has 0 radical (unpaired) electrons. The third-order valence-corrected chi connectivity index (χ3v) is 2.38.